The van der Waals surface area contributed by atoms with Crippen molar-refractivity contribution in [1.29, 1.82) is 5.41 Å². The number of hydrogen-bond acceptors (Lipinski definition) is 3. The van der Waals surface area contributed by atoms with Gasteiger partial charge in [0.2, 0.25) is 0 Å². The Morgan fingerprint density at radius 3 is 3.11 bits per heavy atom. The van der Waals surface area contributed by atoms with Crippen molar-refractivity contribution in [2.24, 2.45) is 0 Å². The molecule has 0 radical (unpaired) electrons. The van der Waals surface area contributed by atoms with Gasteiger partial charge in [-0.1, -0.05) is 0 Å². The second kappa shape index (κ2) is 1.70. The van der Waals surface area contributed by atoms with Crippen LogP contribution in [0, 0.1) is 5.41 Å². The molecule has 2 atom stereocenters. The lowest BCUT2D eigenvalue weighted by Gasteiger charge is -2.02. The first kappa shape index (κ1) is 5.23. The van der Waals surface area contributed by atoms with Crippen molar-refractivity contribution < 1.29 is 9.47 Å². The van der Waals surface area contributed by atoms with Crippen molar-refractivity contribution in [3.63, 3.8) is 0 Å². The predicted octanol–water partition coefficient (Wildman–Crippen LogP) is 0.541. The first-order chi connectivity index (χ1) is 4.36. The number of hydrogen-bond donors (Lipinski definition) is 1. The van der Waals surface area contributed by atoms with Gasteiger partial charge < -0.3 is 9.47 Å². The number of rotatable bonds is 0. The number of ether oxygens (including phenoxy) is 2. The SMILES string of the molecule is N=C1CC2OCCC2O1. The van der Waals surface area contributed by atoms with Crippen LogP contribution in [-0.4, -0.2) is 24.7 Å². The zero-order valence-electron chi connectivity index (χ0n) is 5.09. The molecule has 50 valence electrons. The Morgan fingerprint density at radius 1 is 1.44 bits per heavy atom. The standard InChI is InChI=1S/C6H9NO2/c7-6-3-5-4(9-6)1-2-8-5/h4-5,7H,1-3H2. The summed E-state index contributed by atoms with van der Waals surface area (Å²) in [5.41, 5.74) is 0. The molecule has 2 heterocycles. The van der Waals surface area contributed by atoms with Gasteiger partial charge in [-0.15, -0.1) is 0 Å². The smallest absolute Gasteiger partial charge is 0.183 e. The van der Waals surface area contributed by atoms with Gasteiger partial charge in [-0.2, -0.15) is 0 Å². The van der Waals surface area contributed by atoms with E-state index in [1.54, 1.807) is 0 Å². The Morgan fingerprint density at radius 2 is 2.33 bits per heavy atom. The molecule has 0 spiro atoms. The maximum absolute atomic E-state index is 7.14. The zero-order chi connectivity index (χ0) is 6.27. The van der Waals surface area contributed by atoms with E-state index in [2.05, 4.69) is 0 Å². The summed E-state index contributed by atoms with van der Waals surface area (Å²) in [6.07, 6.45) is 2.06. The Balaban J connectivity index is 2.09. The van der Waals surface area contributed by atoms with Crippen LogP contribution >= 0.6 is 0 Å². The highest BCUT2D eigenvalue weighted by Gasteiger charge is 2.37. The lowest BCUT2D eigenvalue weighted by molar-refractivity contribution is 0.0873. The van der Waals surface area contributed by atoms with Gasteiger partial charge in [-0.3, -0.25) is 5.41 Å². The van der Waals surface area contributed by atoms with Gasteiger partial charge in [-0.05, 0) is 0 Å². The van der Waals surface area contributed by atoms with Crippen LogP contribution in [0.1, 0.15) is 12.8 Å². The number of nitrogens with one attached hydrogen (secondary N) is 1. The fourth-order valence-electron chi connectivity index (χ4n) is 1.37. The molecule has 0 aromatic rings. The van der Waals surface area contributed by atoms with Crippen LogP contribution in [0.15, 0.2) is 0 Å². The van der Waals surface area contributed by atoms with Crippen molar-refractivity contribution in [3.8, 4) is 0 Å². The van der Waals surface area contributed by atoms with Crippen LogP contribution in [0.4, 0.5) is 0 Å². The van der Waals surface area contributed by atoms with E-state index < -0.39 is 0 Å². The molecular formula is C6H9NO2. The summed E-state index contributed by atoms with van der Waals surface area (Å²) in [5, 5.41) is 7.14. The molecule has 0 aromatic heterocycles. The van der Waals surface area contributed by atoms with E-state index in [9.17, 15) is 0 Å². The zero-order valence-corrected chi connectivity index (χ0v) is 5.09. The van der Waals surface area contributed by atoms with Crippen LogP contribution in [0.3, 0.4) is 0 Å². The minimum absolute atomic E-state index is 0.206. The molecule has 2 unspecified atom stereocenters. The molecule has 2 fully saturated rings. The fourth-order valence-corrected chi connectivity index (χ4v) is 1.37. The van der Waals surface area contributed by atoms with Crippen LogP contribution in [-0.2, 0) is 9.47 Å². The van der Waals surface area contributed by atoms with E-state index in [0.717, 1.165) is 13.0 Å². The van der Waals surface area contributed by atoms with Crippen molar-refractivity contribution >= 4 is 5.90 Å². The third kappa shape index (κ3) is 0.721. The lowest BCUT2D eigenvalue weighted by Crippen LogP contribution is -2.13. The maximum atomic E-state index is 7.14. The highest BCUT2D eigenvalue weighted by molar-refractivity contribution is 5.75. The van der Waals surface area contributed by atoms with Crippen molar-refractivity contribution in [1.82, 2.24) is 0 Å². The van der Waals surface area contributed by atoms with Crippen molar-refractivity contribution in [3.05, 3.63) is 0 Å². The summed E-state index contributed by atoms with van der Waals surface area (Å²) in [4.78, 5) is 0. The molecule has 2 rings (SSSR count). The number of fused-ring (bicyclic) bond motifs is 1. The van der Waals surface area contributed by atoms with Gasteiger partial charge >= 0.3 is 0 Å². The monoisotopic (exact) mass is 127 g/mol. The first-order valence-electron chi connectivity index (χ1n) is 3.22. The fraction of sp³-hybridized carbons (Fsp3) is 0.833. The van der Waals surface area contributed by atoms with Crippen LogP contribution < -0.4 is 0 Å². The van der Waals surface area contributed by atoms with E-state index >= 15 is 0 Å². The van der Waals surface area contributed by atoms with E-state index in [1.165, 1.54) is 0 Å². The molecule has 2 aliphatic rings. The van der Waals surface area contributed by atoms with Crippen LogP contribution in [0.25, 0.3) is 0 Å². The predicted molar refractivity (Wildman–Crippen MR) is 31.6 cm³/mol. The molecule has 0 amide bonds. The van der Waals surface area contributed by atoms with Gasteiger partial charge in [0.05, 0.1) is 13.0 Å². The summed E-state index contributed by atoms with van der Waals surface area (Å²) in [6, 6.07) is 0. The van der Waals surface area contributed by atoms with Gasteiger partial charge in [0.1, 0.15) is 12.2 Å². The normalized spacial score (nSPS) is 40.7. The Bertz CT molecular complexity index is 132. The molecule has 3 nitrogen and oxygen atoms in total. The lowest BCUT2D eigenvalue weighted by atomic mass is 10.2. The minimum Gasteiger partial charge on any atom is -0.475 e. The maximum Gasteiger partial charge on any atom is 0.183 e. The quantitative estimate of drug-likeness (QED) is 0.516. The van der Waals surface area contributed by atoms with Gasteiger partial charge in [0.15, 0.2) is 5.90 Å². The molecule has 9 heavy (non-hydrogen) atoms. The Hall–Kier alpha value is -0.570. The average molecular weight is 127 g/mol. The first-order valence-corrected chi connectivity index (χ1v) is 3.22. The van der Waals surface area contributed by atoms with E-state index in [4.69, 9.17) is 14.9 Å². The van der Waals surface area contributed by atoms with Crippen molar-refractivity contribution in [2.45, 2.75) is 25.0 Å². The molecule has 0 aromatic carbocycles. The Labute approximate surface area is 53.5 Å². The second-order valence-corrected chi connectivity index (χ2v) is 2.48. The summed E-state index contributed by atoms with van der Waals surface area (Å²) in [7, 11) is 0. The molecule has 0 saturated carbocycles. The summed E-state index contributed by atoms with van der Waals surface area (Å²) >= 11 is 0. The highest BCUT2D eigenvalue weighted by Crippen LogP contribution is 2.26. The van der Waals surface area contributed by atoms with Gasteiger partial charge in [0, 0.05) is 6.42 Å². The summed E-state index contributed by atoms with van der Waals surface area (Å²) in [6.45, 7) is 0.808. The van der Waals surface area contributed by atoms with Gasteiger partial charge in [0.25, 0.3) is 0 Å². The molecular weight excluding hydrogens is 118 g/mol. The minimum atomic E-state index is 0.206. The molecule has 2 aliphatic heterocycles. The third-order valence-corrected chi connectivity index (χ3v) is 1.83. The molecule has 0 bridgehead atoms. The largest absolute Gasteiger partial charge is 0.475 e. The molecule has 1 N–H and O–H groups in total. The van der Waals surface area contributed by atoms with Crippen LogP contribution in [0.5, 0.6) is 0 Å². The highest BCUT2D eigenvalue weighted by atomic mass is 16.6. The Kier molecular flexibility index (Phi) is 0.990. The summed E-state index contributed by atoms with van der Waals surface area (Å²) < 4.78 is 10.4. The third-order valence-electron chi connectivity index (χ3n) is 1.83. The van der Waals surface area contributed by atoms with Crippen LogP contribution in [0.2, 0.25) is 0 Å². The van der Waals surface area contributed by atoms with E-state index in [-0.39, 0.29) is 12.2 Å². The summed E-state index contributed by atoms with van der Waals surface area (Å²) in [5.74, 6) is 0.393. The van der Waals surface area contributed by atoms with E-state index in [0.29, 0.717) is 12.3 Å². The molecule has 2 saturated heterocycles. The van der Waals surface area contributed by atoms with E-state index in [1.807, 2.05) is 0 Å². The van der Waals surface area contributed by atoms with Gasteiger partial charge in [-0.25, -0.2) is 0 Å². The molecule has 0 aliphatic carbocycles. The van der Waals surface area contributed by atoms with Crippen molar-refractivity contribution in [2.75, 3.05) is 6.61 Å². The topological polar surface area (TPSA) is 42.3 Å². The molecule has 3 heteroatoms. The second-order valence-electron chi connectivity index (χ2n) is 2.48. The average Bonchev–Trinajstić information content (AvgIpc) is 2.22.